The van der Waals surface area contributed by atoms with Crippen molar-refractivity contribution < 1.29 is 38.3 Å². The summed E-state index contributed by atoms with van der Waals surface area (Å²) in [5.41, 5.74) is -0.404. The number of carbonyl (C=O) groups is 7. The largest absolute Gasteiger partial charge is 0.379 e. The van der Waals surface area contributed by atoms with Gasteiger partial charge in [-0.1, -0.05) is 70.2 Å². The number of unbranched alkanes of at least 4 members (excludes halogenated alkanes) is 1. The average molecular weight is 988 g/mol. The number of rotatable bonds is 20. The first-order valence-electron chi connectivity index (χ1n) is 24.8. The van der Waals surface area contributed by atoms with Gasteiger partial charge in [-0.25, -0.2) is 0 Å². The SMILES string of the molecule is C#CC1(C(=O)N[C@@H](CC)C(=O)N[C@@H](CCCCN2CCOCC2)C(=O)N(C)[C@H]2CCCCNC(=O)[C@@H](CCC)NC(=O)[C@H](Cc3cc(Cl)ccc3Cl)N(CCC)C(=O)[C@H](CC(C)C)NC2=O)CC1. The van der Waals surface area contributed by atoms with Crippen molar-refractivity contribution in [3.8, 4) is 12.3 Å². The fourth-order valence-electron chi connectivity index (χ4n) is 8.85. The molecule has 378 valence electrons. The van der Waals surface area contributed by atoms with Crippen LogP contribution < -0.4 is 26.6 Å². The molecule has 0 unspecified atom stereocenters. The van der Waals surface area contributed by atoms with E-state index in [2.05, 4.69) is 37.4 Å². The highest BCUT2D eigenvalue weighted by Crippen LogP contribution is 2.45. The molecule has 2 heterocycles. The molecule has 68 heavy (non-hydrogen) atoms. The second-order valence-corrected chi connectivity index (χ2v) is 19.8. The molecule has 2 saturated heterocycles. The number of amides is 7. The average Bonchev–Trinajstić information content (AvgIpc) is 4.13. The molecule has 3 fully saturated rings. The van der Waals surface area contributed by atoms with E-state index in [1.165, 1.54) is 16.8 Å². The fraction of sp³-hybridized carbons (Fsp3) is 0.700. The van der Waals surface area contributed by atoms with E-state index in [0.29, 0.717) is 80.2 Å². The highest BCUT2D eigenvalue weighted by atomic mass is 35.5. The lowest BCUT2D eigenvalue weighted by Gasteiger charge is -2.37. The van der Waals surface area contributed by atoms with E-state index in [1.807, 2.05) is 27.7 Å². The van der Waals surface area contributed by atoms with Crippen molar-refractivity contribution in [2.75, 3.05) is 53.0 Å². The molecule has 0 spiro atoms. The first kappa shape index (κ1) is 56.2. The Hall–Kier alpha value is -4.43. The van der Waals surface area contributed by atoms with Gasteiger partial charge in [-0.3, -0.25) is 38.5 Å². The Kier molecular flexibility index (Phi) is 22.9. The summed E-state index contributed by atoms with van der Waals surface area (Å²) in [7, 11) is 1.52. The van der Waals surface area contributed by atoms with Crippen LogP contribution in [0.1, 0.15) is 124 Å². The number of nitrogens with one attached hydrogen (secondary N) is 5. The number of likely N-dealkylation sites (N-methyl/N-ethyl adjacent to an activating group) is 1. The number of terminal acetylenes is 1. The molecule has 4 rings (SSSR count). The molecule has 1 aromatic rings. The molecule has 1 aromatic carbocycles. The summed E-state index contributed by atoms with van der Waals surface area (Å²) < 4.78 is 5.50. The standard InChI is InChI=1S/C50H76Cl2N8O8/c1-8-16-38-43(61)53-23-14-12-18-41(45(63)56-40(30-33(5)6)48(66)60(24-9-2)42(46(64)54-38)32-34-31-35(51)19-20-36(34)52)58(7)47(65)39(17-13-15-25-59-26-28-68-29-27-59)55-44(62)37(10-3)57-49(67)50(11-4)21-22-50/h4,19-20,31,33,37-42H,8-10,12-18,21-30,32H2,1-3,5-7H3,(H,53,61)(H,54,64)(H,55,62)(H,56,63)(H,57,67)/t37-,38+,39-,40-,41-,42-/m0/s1. The topological polar surface area (TPSA) is 199 Å². The Morgan fingerprint density at radius 1 is 0.926 bits per heavy atom. The maximum Gasteiger partial charge on any atom is 0.245 e. The number of ether oxygens (including phenoxy) is 1. The summed E-state index contributed by atoms with van der Waals surface area (Å²) in [6, 6.07) is -1.33. The number of hydrogen-bond acceptors (Lipinski definition) is 9. The van der Waals surface area contributed by atoms with Gasteiger partial charge in [-0.2, -0.15) is 0 Å². The van der Waals surface area contributed by atoms with Gasteiger partial charge in [0.15, 0.2) is 0 Å². The van der Waals surface area contributed by atoms with E-state index in [4.69, 9.17) is 34.4 Å². The van der Waals surface area contributed by atoms with Crippen molar-refractivity contribution in [1.29, 1.82) is 0 Å². The number of benzene rings is 1. The van der Waals surface area contributed by atoms with Crippen LogP contribution in [0.2, 0.25) is 10.0 Å². The molecule has 0 radical (unpaired) electrons. The van der Waals surface area contributed by atoms with Crippen molar-refractivity contribution in [2.24, 2.45) is 11.3 Å². The zero-order chi connectivity index (χ0) is 50.0. The Balaban J connectivity index is 1.69. The predicted molar refractivity (Wildman–Crippen MR) is 263 cm³/mol. The molecule has 6 atom stereocenters. The highest BCUT2D eigenvalue weighted by molar-refractivity contribution is 6.33. The molecule has 0 bridgehead atoms. The maximum absolute atomic E-state index is 15.0. The Labute approximate surface area is 413 Å². The normalized spacial score (nSPS) is 22.8. The van der Waals surface area contributed by atoms with Gasteiger partial charge < -0.3 is 41.1 Å². The lowest BCUT2D eigenvalue weighted by Crippen LogP contribution is -2.61. The van der Waals surface area contributed by atoms with E-state index in [-0.39, 0.29) is 57.0 Å². The smallest absolute Gasteiger partial charge is 0.245 e. The zero-order valence-electron chi connectivity index (χ0n) is 41.1. The molecule has 1 saturated carbocycles. The molecule has 3 aliphatic rings. The van der Waals surface area contributed by atoms with Crippen LogP contribution in [-0.4, -0.2) is 145 Å². The minimum absolute atomic E-state index is 0.0213. The third-order valence-corrected chi connectivity index (χ3v) is 13.7. The summed E-state index contributed by atoms with van der Waals surface area (Å²) in [6.07, 6.45) is 11.2. The monoisotopic (exact) mass is 987 g/mol. The van der Waals surface area contributed by atoms with Gasteiger partial charge in [0.05, 0.1) is 13.2 Å². The zero-order valence-corrected chi connectivity index (χ0v) is 42.6. The summed E-state index contributed by atoms with van der Waals surface area (Å²) in [4.78, 5) is 105. The van der Waals surface area contributed by atoms with Crippen LogP contribution >= 0.6 is 23.2 Å². The minimum atomic E-state index is -1.14. The molecule has 7 amide bonds. The first-order chi connectivity index (χ1) is 32.5. The van der Waals surface area contributed by atoms with E-state index < -0.39 is 77.1 Å². The number of morpholine rings is 1. The Bertz CT molecular complexity index is 1940. The van der Waals surface area contributed by atoms with Crippen LogP contribution in [0.25, 0.3) is 0 Å². The molecular formula is C50H76Cl2N8O8. The summed E-state index contributed by atoms with van der Waals surface area (Å²) in [5.74, 6) is -0.957. The van der Waals surface area contributed by atoms with Crippen LogP contribution in [0.3, 0.4) is 0 Å². The molecule has 16 nitrogen and oxygen atoms in total. The van der Waals surface area contributed by atoms with Gasteiger partial charge in [-0.05, 0) is 113 Å². The van der Waals surface area contributed by atoms with Crippen LogP contribution in [0.5, 0.6) is 0 Å². The fourth-order valence-corrected chi connectivity index (χ4v) is 9.24. The van der Waals surface area contributed by atoms with Gasteiger partial charge >= 0.3 is 0 Å². The van der Waals surface area contributed by atoms with Crippen LogP contribution in [0, 0.1) is 23.7 Å². The quantitative estimate of drug-likeness (QED) is 0.0930. The maximum atomic E-state index is 15.0. The van der Waals surface area contributed by atoms with Gasteiger partial charge in [0.1, 0.15) is 41.7 Å². The lowest BCUT2D eigenvalue weighted by molar-refractivity contribution is -0.146. The lowest BCUT2D eigenvalue weighted by atomic mass is 9.97. The molecule has 0 aromatic heterocycles. The van der Waals surface area contributed by atoms with Crippen LogP contribution in [0.4, 0.5) is 0 Å². The van der Waals surface area contributed by atoms with Crippen molar-refractivity contribution >= 4 is 64.6 Å². The molecular weight excluding hydrogens is 912 g/mol. The Morgan fingerprint density at radius 3 is 2.26 bits per heavy atom. The van der Waals surface area contributed by atoms with Crippen molar-refractivity contribution in [2.45, 2.75) is 161 Å². The second-order valence-electron chi connectivity index (χ2n) is 19.0. The molecule has 5 N–H and O–H groups in total. The second kappa shape index (κ2) is 27.7. The summed E-state index contributed by atoms with van der Waals surface area (Å²) in [6.45, 7) is 13.5. The molecule has 1 aliphatic carbocycles. The van der Waals surface area contributed by atoms with Gasteiger partial charge in [0, 0.05) is 49.7 Å². The molecule has 2 aliphatic heterocycles. The number of nitrogens with zero attached hydrogens (tertiary/aromatic N) is 3. The van der Waals surface area contributed by atoms with Gasteiger partial charge in [0.25, 0.3) is 0 Å². The Morgan fingerprint density at radius 2 is 1.63 bits per heavy atom. The van der Waals surface area contributed by atoms with E-state index >= 15 is 4.79 Å². The number of hydrogen-bond donors (Lipinski definition) is 5. The third-order valence-electron chi connectivity index (χ3n) is 13.1. The van der Waals surface area contributed by atoms with E-state index in [1.54, 1.807) is 25.1 Å². The first-order valence-corrected chi connectivity index (χ1v) is 25.5. The summed E-state index contributed by atoms with van der Waals surface area (Å²) >= 11 is 13.0. The van der Waals surface area contributed by atoms with Crippen molar-refractivity contribution in [3.05, 3.63) is 33.8 Å². The highest BCUT2D eigenvalue weighted by Gasteiger charge is 2.49. The van der Waals surface area contributed by atoms with Crippen LogP contribution in [0.15, 0.2) is 18.2 Å². The van der Waals surface area contributed by atoms with Crippen molar-refractivity contribution in [1.82, 2.24) is 41.3 Å². The van der Waals surface area contributed by atoms with Crippen molar-refractivity contribution in [3.63, 3.8) is 0 Å². The van der Waals surface area contributed by atoms with Crippen LogP contribution in [-0.2, 0) is 44.7 Å². The van der Waals surface area contributed by atoms with E-state index in [9.17, 15) is 28.8 Å². The summed E-state index contributed by atoms with van der Waals surface area (Å²) in [5, 5.41) is 15.4. The van der Waals surface area contributed by atoms with Gasteiger partial charge in [-0.15, -0.1) is 6.42 Å². The van der Waals surface area contributed by atoms with Gasteiger partial charge in [0.2, 0.25) is 41.4 Å². The third kappa shape index (κ3) is 16.3. The van der Waals surface area contributed by atoms with E-state index in [0.717, 1.165) is 26.1 Å². The number of halogens is 2. The number of carbonyl (C=O) groups excluding carboxylic acids is 7. The predicted octanol–water partition coefficient (Wildman–Crippen LogP) is 4.38. The minimum Gasteiger partial charge on any atom is -0.379 e. The molecule has 18 heteroatoms.